The minimum atomic E-state index is -1.31. The molecule has 8 nitrogen and oxygen atoms in total. The quantitative estimate of drug-likeness (QED) is 0.0843. The van der Waals surface area contributed by atoms with Gasteiger partial charge in [0, 0.05) is 0 Å². The van der Waals surface area contributed by atoms with E-state index in [0.29, 0.717) is 5.12 Å². The number of nitrogens with two attached hydrogens (primary N) is 2. The molecule has 8 N–H and O–H groups in total. The summed E-state index contributed by atoms with van der Waals surface area (Å²) in [4.78, 5) is 9.93. The SMILES string of the molecule is NCNNNN(N)C(=O)O. The molecule has 0 fully saturated rings. The van der Waals surface area contributed by atoms with Gasteiger partial charge in [0.1, 0.15) is 0 Å². The van der Waals surface area contributed by atoms with Crippen LogP contribution in [-0.4, -0.2) is 23.0 Å². The predicted octanol–water partition coefficient (Wildman–Crippen LogP) is -2.73. The fourth-order valence-corrected chi connectivity index (χ4v) is 0.199. The highest BCUT2D eigenvalue weighted by Crippen LogP contribution is 1.65. The zero-order chi connectivity index (χ0) is 7.98. The highest BCUT2D eigenvalue weighted by atomic mass is 16.4. The second-order valence-electron chi connectivity index (χ2n) is 1.27. The van der Waals surface area contributed by atoms with Crippen molar-refractivity contribution in [2.24, 2.45) is 11.6 Å². The summed E-state index contributed by atoms with van der Waals surface area (Å²) in [5, 5.41) is 8.46. The van der Waals surface area contributed by atoms with Crippen LogP contribution in [0.5, 0.6) is 0 Å². The lowest BCUT2D eigenvalue weighted by atomic mass is 11.2. The fraction of sp³-hybridized carbons (Fsp3) is 0.500. The third kappa shape index (κ3) is 4.00. The smallest absolute Gasteiger partial charge is 0.437 e. The molecule has 0 spiro atoms. The molecule has 0 aliphatic rings. The summed E-state index contributed by atoms with van der Waals surface area (Å²) >= 11 is 0. The normalized spacial score (nSPS) is 9.40. The number of amides is 1. The largest absolute Gasteiger partial charge is 0.463 e. The number of hydrazine groups is 4. The maximum Gasteiger partial charge on any atom is 0.437 e. The van der Waals surface area contributed by atoms with Gasteiger partial charge in [-0.1, -0.05) is 0 Å². The van der Waals surface area contributed by atoms with Gasteiger partial charge in [0.15, 0.2) is 0 Å². The van der Waals surface area contributed by atoms with E-state index in [1.54, 1.807) is 0 Å². The van der Waals surface area contributed by atoms with Crippen LogP contribution in [-0.2, 0) is 0 Å². The van der Waals surface area contributed by atoms with Crippen LogP contribution in [0, 0.1) is 0 Å². The topological polar surface area (TPSA) is 129 Å². The lowest BCUT2D eigenvalue weighted by molar-refractivity contribution is 0.101. The van der Waals surface area contributed by atoms with E-state index in [4.69, 9.17) is 16.7 Å². The first-order valence-electron chi connectivity index (χ1n) is 2.39. The van der Waals surface area contributed by atoms with Crippen molar-refractivity contribution in [2.75, 3.05) is 6.67 Å². The van der Waals surface area contributed by atoms with E-state index in [1.165, 1.54) is 0 Å². The number of hydrogen-bond acceptors (Lipinski definition) is 6. The highest BCUT2D eigenvalue weighted by Gasteiger charge is 2.02. The Balaban J connectivity index is 3.21. The first-order valence-corrected chi connectivity index (χ1v) is 2.39. The molecule has 60 valence electrons. The van der Waals surface area contributed by atoms with Crippen LogP contribution in [0.1, 0.15) is 0 Å². The Morgan fingerprint density at radius 3 is 2.70 bits per heavy atom. The van der Waals surface area contributed by atoms with Crippen molar-refractivity contribution in [1.82, 2.24) is 21.6 Å². The Morgan fingerprint density at radius 1 is 1.70 bits per heavy atom. The van der Waals surface area contributed by atoms with Gasteiger partial charge < -0.3 is 10.8 Å². The Bertz CT molecular complexity index is 106. The second kappa shape index (κ2) is 4.90. The van der Waals surface area contributed by atoms with E-state index in [0.717, 1.165) is 0 Å². The fourth-order valence-electron chi connectivity index (χ4n) is 0.199. The zero-order valence-electron chi connectivity index (χ0n) is 5.16. The maximum atomic E-state index is 9.93. The lowest BCUT2D eigenvalue weighted by Crippen LogP contribution is -2.58. The van der Waals surface area contributed by atoms with Crippen molar-refractivity contribution in [3.63, 3.8) is 0 Å². The average molecular weight is 150 g/mol. The molecule has 0 aromatic heterocycles. The van der Waals surface area contributed by atoms with Crippen LogP contribution in [0.4, 0.5) is 4.79 Å². The van der Waals surface area contributed by atoms with Gasteiger partial charge >= 0.3 is 6.09 Å². The van der Waals surface area contributed by atoms with E-state index in [9.17, 15) is 4.79 Å². The Labute approximate surface area is 57.0 Å². The number of hydrogen-bond donors (Lipinski definition) is 6. The Kier molecular flexibility index (Phi) is 4.45. The summed E-state index contributed by atoms with van der Waals surface area (Å²) in [6, 6.07) is 0. The van der Waals surface area contributed by atoms with Gasteiger partial charge in [-0.2, -0.15) is 10.7 Å². The average Bonchev–Trinajstić information content (AvgIpc) is 1.88. The van der Waals surface area contributed by atoms with E-state index >= 15 is 0 Å². The van der Waals surface area contributed by atoms with Crippen molar-refractivity contribution in [1.29, 1.82) is 0 Å². The van der Waals surface area contributed by atoms with Gasteiger partial charge in [-0.3, -0.25) is 0 Å². The van der Waals surface area contributed by atoms with Crippen molar-refractivity contribution < 1.29 is 9.90 Å². The minimum absolute atomic E-state index is 0.153. The molecular formula is C2H10N6O2. The molecular weight excluding hydrogens is 140 g/mol. The second-order valence-corrected chi connectivity index (χ2v) is 1.27. The van der Waals surface area contributed by atoms with Gasteiger partial charge in [0.25, 0.3) is 0 Å². The van der Waals surface area contributed by atoms with Crippen LogP contribution < -0.4 is 28.1 Å². The molecule has 0 aliphatic heterocycles. The molecule has 0 aromatic carbocycles. The zero-order valence-corrected chi connectivity index (χ0v) is 5.16. The first-order chi connectivity index (χ1) is 4.68. The summed E-state index contributed by atoms with van der Waals surface area (Å²) in [6.07, 6.45) is -1.31. The van der Waals surface area contributed by atoms with E-state index in [-0.39, 0.29) is 6.67 Å². The minimum Gasteiger partial charge on any atom is -0.463 e. The molecule has 1 amide bonds. The molecule has 8 heteroatoms. The third-order valence-electron chi connectivity index (χ3n) is 0.573. The molecule has 0 saturated carbocycles. The van der Waals surface area contributed by atoms with Gasteiger partial charge in [-0.25, -0.2) is 16.1 Å². The summed E-state index contributed by atoms with van der Waals surface area (Å²) in [5.74, 6) is 4.84. The lowest BCUT2D eigenvalue weighted by Gasteiger charge is -2.13. The molecule has 0 aromatic rings. The van der Waals surface area contributed by atoms with Gasteiger partial charge in [0.2, 0.25) is 0 Å². The molecule has 0 heterocycles. The molecule has 10 heavy (non-hydrogen) atoms. The Morgan fingerprint density at radius 2 is 2.30 bits per heavy atom. The van der Waals surface area contributed by atoms with Gasteiger partial charge in [-0.05, 0) is 0 Å². The number of carbonyl (C=O) groups is 1. The maximum absolute atomic E-state index is 9.93. The molecule has 0 rings (SSSR count). The standard InChI is InChI=1S/C2H10N6O2/c3-1-5-6-7-8(4)2(9)10/h5-7H,1,3-4H2,(H,9,10). The summed E-state index contributed by atoms with van der Waals surface area (Å²) in [5.41, 5.74) is 11.6. The third-order valence-corrected chi connectivity index (χ3v) is 0.573. The summed E-state index contributed by atoms with van der Waals surface area (Å²) in [7, 11) is 0. The molecule has 0 bridgehead atoms. The molecule has 0 aliphatic carbocycles. The molecule has 0 radical (unpaired) electrons. The van der Waals surface area contributed by atoms with Gasteiger partial charge in [0.05, 0.1) is 6.67 Å². The molecule has 0 saturated heterocycles. The van der Waals surface area contributed by atoms with Crippen LogP contribution in [0.3, 0.4) is 0 Å². The van der Waals surface area contributed by atoms with E-state index in [2.05, 4.69) is 16.5 Å². The van der Waals surface area contributed by atoms with E-state index < -0.39 is 6.09 Å². The van der Waals surface area contributed by atoms with Crippen LogP contribution in [0.2, 0.25) is 0 Å². The number of nitrogens with zero attached hydrogens (tertiary/aromatic N) is 1. The van der Waals surface area contributed by atoms with Crippen molar-refractivity contribution in [3.8, 4) is 0 Å². The Hall–Kier alpha value is -0.930. The number of nitrogens with one attached hydrogen (secondary N) is 3. The van der Waals surface area contributed by atoms with Gasteiger partial charge in [-0.15, -0.1) is 5.53 Å². The first kappa shape index (κ1) is 9.07. The predicted molar refractivity (Wildman–Crippen MR) is 32.5 cm³/mol. The summed E-state index contributed by atoms with van der Waals surface area (Å²) in [6.45, 7) is 0.153. The number of rotatable bonds is 4. The van der Waals surface area contributed by atoms with Crippen LogP contribution in [0.15, 0.2) is 0 Å². The van der Waals surface area contributed by atoms with Crippen molar-refractivity contribution in [3.05, 3.63) is 0 Å². The van der Waals surface area contributed by atoms with Crippen LogP contribution in [0.25, 0.3) is 0 Å². The molecule has 0 atom stereocenters. The highest BCUT2D eigenvalue weighted by molar-refractivity contribution is 5.63. The van der Waals surface area contributed by atoms with Crippen molar-refractivity contribution >= 4 is 6.09 Å². The molecule has 0 unspecified atom stereocenters. The van der Waals surface area contributed by atoms with E-state index in [1.807, 2.05) is 0 Å². The summed E-state index contributed by atoms with van der Waals surface area (Å²) < 4.78 is 0. The van der Waals surface area contributed by atoms with Crippen molar-refractivity contribution in [2.45, 2.75) is 0 Å². The van der Waals surface area contributed by atoms with Crippen LogP contribution >= 0.6 is 0 Å². The monoisotopic (exact) mass is 150 g/mol. The number of carboxylic acid groups (broad SMARTS) is 1.